The van der Waals surface area contributed by atoms with Gasteiger partial charge in [0.1, 0.15) is 11.8 Å². The monoisotopic (exact) mass is 929 g/mol. The SMILES string of the molecule is CC(=O)N1CCc2c(c(-c3cccc4cc(C5CC5)c(C(F)F)cc34)nn2C2CCN(C(=O)C3CCN(c4ccc(C(=O)NC5CCC(Oc6ccc(C#N)c(Cl)c6)CC5)nn4)CC3)CC2)C1. The number of piperidine rings is 2. The number of amides is 3. The van der Waals surface area contributed by atoms with Crippen LogP contribution in [0.2, 0.25) is 5.02 Å². The molecule has 348 valence electrons. The number of nitriles is 1. The molecule has 0 radical (unpaired) electrons. The summed E-state index contributed by atoms with van der Waals surface area (Å²) in [6.07, 6.45) is 5.87. The highest BCUT2D eigenvalue weighted by Crippen LogP contribution is 2.47. The molecule has 5 aliphatic rings. The molecule has 5 heterocycles. The van der Waals surface area contributed by atoms with Gasteiger partial charge < -0.3 is 24.8 Å². The van der Waals surface area contributed by atoms with E-state index in [2.05, 4.69) is 31.2 Å². The fourth-order valence-electron chi connectivity index (χ4n) is 10.7. The fourth-order valence-corrected chi connectivity index (χ4v) is 10.9. The Hall–Kier alpha value is -6.14. The van der Waals surface area contributed by atoms with Gasteiger partial charge in [0.2, 0.25) is 11.8 Å². The maximum Gasteiger partial charge on any atom is 0.272 e. The van der Waals surface area contributed by atoms with E-state index < -0.39 is 6.43 Å². The number of benzene rings is 3. The van der Waals surface area contributed by atoms with Crippen LogP contribution in [-0.2, 0) is 22.6 Å². The first-order valence-corrected chi connectivity index (χ1v) is 24.1. The van der Waals surface area contributed by atoms with Crippen LogP contribution < -0.4 is 15.0 Å². The van der Waals surface area contributed by atoms with E-state index in [-0.39, 0.29) is 59.0 Å². The second-order valence-corrected chi connectivity index (χ2v) is 19.3. The number of nitrogens with one attached hydrogen (secondary N) is 1. The molecule has 10 rings (SSSR count). The number of carbonyl (C=O) groups is 3. The van der Waals surface area contributed by atoms with Crippen LogP contribution >= 0.6 is 11.6 Å². The highest BCUT2D eigenvalue weighted by molar-refractivity contribution is 6.31. The lowest BCUT2D eigenvalue weighted by Gasteiger charge is -2.38. The molecule has 67 heavy (non-hydrogen) atoms. The van der Waals surface area contributed by atoms with Crippen molar-refractivity contribution in [1.29, 1.82) is 5.26 Å². The van der Waals surface area contributed by atoms with Crippen LogP contribution in [0.5, 0.6) is 5.75 Å². The quantitative estimate of drug-likeness (QED) is 0.145. The van der Waals surface area contributed by atoms with E-state index in [1.54, 1.807) is 37.3 Å². The molecule has 2 aromatic heterocycles. The first-order valence-electron chi connectivity index (χ1n) is 23.8. The third kappa shape index (κ3) is 9.29. The molecule has 1 N–H and O–H groups in total. The molecular formula is C51H54ClF2N9O4. The third-order valence-electron chi connectivity index (χ3n) is 14.7. The third-order valence-corrected chi connectivity index (χ3v) is 15.0. The molecule has 4 fully saturated rings. The van der Waals surface area contributed by atoms with Crippen LogP contribution in [0.3, 0.4) is 0 Å². The average molecular weight is 931 g/mol. The Kier molecular flexibility index (Phi) is 12.6. The number of halogens is 3. The molecule has 13 nitrogen and oxygen atoms in total. The molecule has 0 bridgehead atoms. The zero-order valence-corrected chi connectivity index (χ0v) is 38.4. The lowest BCUT2D eigenvalue weighted by atomic mass is 9.92. The molecule has 2 aliphatic carbocycles. The number of carbonyl (C=O) groups excluding carboxylic acids is 3. The Morgan fingerprint density at radius 2 is 1.64 bits per heavy atom. The number of nitrogens with zero attached hydrogens (tertiary/aromatic N) is 8. The van der Waals surface area contributed by atoms with Crippen LogP contribution in [0.4, 0.5) is 14.6 Å². The van der Waals surface area contributed by atoms with Crippen molar-refractivity contribution in [3.63, 3.8) is 0 Å². The van der Waals surface area contributed by atoms with Crippen molar-refractivity contribution in [3.05, 3.63) is 99.3 Å². The summed E-state index contributed by atoms with van der Waals surface area (Å²) in [4.78, 5) is 45.6. The normalized spacial score (nSPS) is 20.4. The first-order chi connectivity index (χ1) is 32.5. The number of anilines is 1. The van der Waals surface area contributed by atoms with Crippen molar-refractivity contribution in [3.8, 4) is 23.1 Å². The zero-order valence-electron chi connectivity index (χ0n) is 37.6. The van der Waals surface area contributed by atoms with Gasteiger partial charge in [-0.1, -0.05) is 35.9 Å². The number of likely N-dealkylation sites (tertiary alicyclic amines) is 1. The van der Waals surface area contributed by atoms with Gasteiger partial charge in [0.15, 0.2) is 11.5 Å². The molecule has 2 saturated heterocycles. The van der Waals surface area contributed by atoms with Crippen molar-refractivity contribution in [2.24, 2.45) is 5.92 Å². The van der Waals surface area contributed by atoms with Gasteiger partial charge in [-0.25, -0.2) is 8.78 Å². The second kappa shape index (κ2) is 18.9. The number of fused-ring (bicyclic) bond motifs is 2. The van der Waals surface area contributed by atoms with Gasteiger partial charge in [0.05, 0.1) is 28.4 Å². The largest absolute Gasteiger partial charge is 0.490 e. The maximum atomic E-state index is 14.5. The predicted octanol–water partition coefficient (Wildman–Crippen LogP) is 8.94. The summed E-state index contributed by atoms with van der Waals surface area (Å²) in [5.74, 6) is 1.30. The van der Waals surface area contributed by atoms with E-state index in [1.165, 1.54) is 0 Å². The highest BCUT2D eigenvalue weighted by Gasteiger charge is 2.36. The van der Waals surface area contributed by atoms with Crippen molar-refractivity contribution in [2.75, 3.05) is 37.6 Å². The van der Waals surface area contributed by atoms with E-state index in [9.17, 15) is 23.2 Å². The molecule has 3 amide bonds. The summed E-state index contributed by atoms with van der Waals surface area (Å²) in [5.41, 5.74) is 5.11. The minimum Gasteiger partial charge on any atom is -0.490 e. The number of hydrogen-bond donors (Lipinski definition) is 1. The Bertz CT molecular complexity index is 2730. The lowest BCUT2D eigenvalue weighted by Crippen LogP contribution is -2.46. The minimum absolute atomic E-state index is 0.00183. The number of aromatic nitrogens is 4. The Morgan fingerprint density at radius 1 is 0.866 bits per heavy atom. The van der Waals surface area contributed by atoms with Crippen LogP contribution in [-0.4, -0.2) is 92.4 Å². The molecule has 0 atom stereocenters. The van der Waals surface area contributed by atoms with Crippen LogP contribution in [0, 0.1) is 17.2 Å². The highest BCUT2D eigenvalue weighted by atomic mass is 35.5. The number of hydrogen-bond acceptors (Lipinski definition) is 9. The van der Waals surface area contributed by atoms with Crippen LogP contribution in [0.25, 0.3) is 22.0 Å². The molecule has 16 heteroatoms. The van der Waals surface area contributed by atoms with Crippen LogP contribution in [0.15, 0.2) is 60.7 Å². The Morgan fingerprint density at radius 3 is 2.31 bits per heavy atom. The van der Waals surface area contributed by atoms with E-state index in [0.29, 0.717) is 80.7 Å². The number of rotatable bonds is 10. The molecule has 3 aliphatic heterocycles. The molecule has 0 unspecified atom stereocenters. The first kappa shape index (κ1) is 44.7. The van der Waals surface area contributed by atoms with Crippen molar-refractivity contribution in [1.82, 2.24) is 35.1 Å². The molecule has 2 saturated carbocycles. The molecule has 3 aromatic carbocycles. The van der Waals surface area contributed by atoms with Gasteiger partial charge in [-0.05, 0) is 117 Å². The average Bonchev–Trinajstić information content (AvgIpc) is 4.14. The van der Waals surface area contributed by atoms with Crippen LogP contribution in [0.1, 0.15) is 128 Å². The Balaban J connectivity index is 0.733. The number of ether oxygens (including phenoxy) is 1. The summed E-state index contributed by atoms with van der Waals surface area (Å²) in [6.45, 7) is 5.11. The van der Waals surface area contributed by atoms with Crippen molar-refractivity contribution < 1.29 is 27.9 Å². The van der Waals surface area contributed by atoms with E-state index in [4.69, 9.17) is 26.7 Å². The molecular weight excluding hydrogens is 876 g/mol. The zero-order chi connectivity index (χ0) is 46.3. The van der Waals surface area contributed by atoms with E-state index >= 15 is 0 Å². The second-order valence-electron chi connectivity index (χ2n) is 18.9. The standard InChI is InChI=1S/C51H54ClF2N9O4/c1-30(64)62-24-19-46-43(29-62)48(39-4-2-3-33-25-40(31-5-6-31)42(49(53)54)27-41(33)39)59-63(46)36-17-22-61(23-18-36)51(66)32-15-20-60(21-16-32)47-14-13-45(57-58-47)50(65)56-35-8-11-37(12-9-35)67-38-10-7-34(28-55)44(52)26-38/h2-4,7,10,13-14,25-27,31-32,35-37,49H,5-6,8-9,11-12,15-24,29H2,1H3,(H,56,65). The minimum atomic E-state index is -2.57. The number of alkyl halides is 2. The van der Waals surface area contributed by atoms with Crippen molar-refractivity contribution in [2.45, 2.75) is 115 Å². The fraction of sp³-hybridized carbons (Fsp3) is 0.471. The van der Waals surface area contributed by atoms with Gasteiger partial charge in [-0.15, -0.1) is 10.2 Å². The van der Waals surface area contributed by atoms with Gasteiger partial charge in [0, 0.05) is 93.0 Å². The van der Waals surface area contributed by atoms with E-state index in [1.807, 2.05) is 40.1 Å². The van der Waals surface area contributed by atoms with Gasteiger partial charge in [-0.3, -0.25) is 19.1 Å². The molecule has 0 spiro atoms. The lowest BCUT2D eigenvalue weighted by molar-refractivity contribution is -0.137. The topological polar surface area (TPSA) is 150 Å². The van der Waals surface area contributed by atoms with Gasteiger partial charge in [0.25, 0.3) is 12.3 Å². The molecule has 5 aromatic rings. The maximum absolute atomic E-state index is 14.5. The summed E-state index contributed by atoms with van der Waals surface area (Å²) in [6, 6.07) is 20.2. The summed E-state index contributed by atoms with van der Waals surface area (Å²) in [5, 5.41) is 28.2. The smallest absolute Gasteiger partial charge is 0.272 e. The predicted molar refractivity (Wildman–Crippen MR) is 249 cm³/mol. The van der Waals surface area contributed by atoms with Gasteiger partial charge in [-0.2, -0.15) is 10.4 Å². The summed E-state index contributed by atoms with van der Waals surface area (Å²) in [7, 11) is 0. The summed E-state index contributed by atoms with van der Waals surface area (Å²) >= 11 is 6.16. The Labute approximate surface area is 393 Å². The van der Waals surface area contributed by atoms with E-state index in [0.717, 1.165) is 90.2 Å². The van der Waals surface area contributed by atoms with Crippen molar-refractivity contribution >= 4 is 45.9 Å². The summed E-state index contributed by atoms with van der Waals surface area (Å²) < 4.78 is 37.2. The van der Waals surface area contributed by atoms with Gasteiger partial charge >= 0.3 is 0 Å².